The molecular formula is C12H7N3S2. The Kier molecular flexibility index (Phi) is 2.32. The van der Waals surface area contributed by atoms with Gasteiger partial charge in [-0.2, -0.15) is 5.26 Å². The van der Waals surface area contributed by atoms with E-state index in [4.69, 9.17) is 11.0 Å². The number of benzene rings is 1. The highest BCUT2D eigenvalue weighted by Gasteiger charge is 2.14. The fourth-order valence-electron chi connectivity index (χ4n) is 1.63. The van der Waals surface area contributed by atoms with Crippen LogP contribution in [0.4, 0.5) is 5.00 Å². The number of thiophene rings is 1. The molecule has 0 aliphatic rings. The molecule has 17 heavy (non-hydrogen) atoms. The Morgan fingerprint density at radius 2 is 2.12 bits per heavy atom. The Bertz CT molecular complexity index is 701. The van der Waals surface area contributed by atoms with Crippen LogP contribution in [0.1, 0.15) is 5.56 Å². The molecule has 0 aliphatic heterocycles. The summed E-state index contributed by atoms with van der Waals surface area (Å²) in [5, 5.41) is 12.4. The summed E-state index contributed by atoms with van der Waals surface area (Å²) in [6.07, 6.45) is 0. The van der Waals surface area contributed by atoms with Gasteiger partial charge in [-0.3, -0.25) is 0 Å². The van der Waals surface area contributed by atoms with Crippen molar-refractivity contribution in [2.45, 2.75) is 0 Å². The first kappa shape index (κ1) is 10.3. The quantitative estimate of drug-likeness (QED) is 0.726. The standard InChI is InChI=1S/C12H7N3S2/c13-5-7-8(6-16-11(7)14)12-15-9-3-1-2-4-10(9)17-12/h1-4,6H,14H2. The fourth-order valence-corrected chi connectivity index (χ4v) is 3.44. The van der Waals surface area contributed by atoms with Crippen LogP contribution in [-0.2, 0) is 0 Å². The summed E-state index contributed by atoms with van der Waals surface area (Å²) in [5.74, 6) is 0. The third-order valence-corrected chi connectivity index (χ3v) is 4.34. The number of rotatable bonds is 1. The molecule has 0 saturated carbocycles. The van der Waals surface area contributed by atoms with E-state index < -0.39 is 0 Å². The fraction of sp³-hybridized carbons (Fsp3) is 0. The Morgan fingerprint density at radius 1 is 1.29 bits per heavy atom. The van der Waals surface area contributed by atoms with Gasteiger partial charge in [0, 0.05) is 10.9 Å². The van der Waals surface area contributed by atoms with Crippen molar-refractivity contribution in [2.75, 3.05) is 5.73 Å². The molecule has 0 atom stereocenters. The van der Waals surface area contributed by atoms with Crippen molar-refractivity contribution in [1.82, 2.24) is 4.98 Å². The van der Waals surface area contributed by atoms with E-state index >= 15 is 0 Å². The minimum Gasteiger partial charge on any atom is -0.389 e. The monoisotopic (exact) mass is 257 g/mol. The topological polar surface area (TPSA) is 62.7 Å². The van der Waals surface area contributed by atoms with Crippen LogP contribution in [0.15, 0.2) is 29.6 Å². The summed E-state index contributed by atoms with van der Waals surface area (Å²) in [4.78, 5) is 4.52. The maximum Gasteiger partial charge on any atom is 0.126 e. The van der Waals surface area contributed by atoms with E-state index in [0.717, 1.165) is 20.8 Å². The van der Waals surface area contributed by atoms with Gasteiger partial charge < -0.3 is 5.73 Å². The van der Waals surface area contributed by atoms with Crippen molar-refractivity contribution in [3.8, 4) is 16.6 Å². The summed E-state index contributed by atoms with van der Waals surface area (Å²) < 4.78 is 1.12. The number of hydrogen-bond acceptors (Lipinski definition) is 5. The van der Waals surface area contributed by atoms with Gasteiger partial charge in [0.15, 0.2) is 0 Å². The summed E-state index contributed by atoms with van der Waals surface area (Å²) in [6.45, 7) is 0. The van der Waals surface area contributed by atoms with E-state index in [9.17, 15) is 0 Å². The number of nitriles is 1. The van der Waals surface area contributed by atoms with Crippen molar-refractivity contribution in [1.29, 1.82) is 5.26 Å². The Morgan fingerprint density at radius 3 is 2.88 bits per heavy atom. The molecule has 0 aliphatic carbocycles. The van der Waals surface area contributed by atoms with Crippen molar-refractivity contribution in [2.24, 2.45) is 0 Å². The molecule has 0 fully saturated rings. The number of nitrogens with two attached hydrogens (primary N) is 1. The molecule has 5 heteroatoms. The summed E-state index contributed by atoms with van der Waals surface area (Å²) >= 11 is 2.96. The molecule has 3 rings (SSSR count). The van der Waals surface area contributed by atoms with E-state index in [1.165, 1.54) is 11.3 Å². The largest absolute Gasteiger partial charge is 0.389 e. The Labute approximate surface area is 106 Å². The van der Waals surface area contributed by atoms with E-state index in [1.54, 1.807) is 11.3 Å². The lowest BCUT2D eigenvalue weighted by Crippen LogP contribution is -1.84. The van der Waals surface area contributed by atoms with Gasteiger partial charge in [-0.05, 0) is 12.1 Å². The average molecular weight is 257 g/mol. The van der Waals surface area contributed by atoms with Gasteiger partial charge in [0.2, 0.25) is 0 Å². The zero-order valence-corrected chi connectivity index (χ0v) is 10.3. The third kappa shape index (κ3) is 1.58. The summed E-state index contributed by atoms with van der Waals surface area (Å²) in [6, 6.07) is 10.1. The van der Waals surface area contributed by atoms with E-state index in [1.807, 2.05) is 29.6 Å². The van der Waals surface area contributed by atoms with Crippen molar-refractivity contribution in [3.63, 3.8) is 0 Å². The number of hydrogen-bond donors (Lipinski definition) is 1. The van der Waals surface area contributed by atoms with E-state index in [-0.39, 0.29) is 0 Å². The molecule has 1 aromatic carbocycles. The molecule has 0 unspecified atom stereocenters. The van der Waals surface area contributed by atoms with Crippen LogP contribution < -0.4 is 5.73 Å². The summed E-state index contributed by atoms with van der Waals surface area (Å²) in [7, 11) is 0. The second kappa shape index (κ2) is 3.84. The van der Waals surface area contributed by atoms with Crippen LogP contribution in [0.3, 0.4) is 0 Å². The molecular weight excluding hydrogens is 250 g/mol. The van der Waals surface area contributed by atoms with Crippen molar-refractivity contribution < 1.29 is 0 Å². The smallest absolute Gasteiger partial charge is 0.126 e. The molecule has 0 spiro atoms. The van der Waals surface area contributed by atoms with E-state index in [2.05, 4.69) is 11.1 Å². The van der Waals surface area contributed by atoms with Gasteiger partial charge in [-0.15, -0.1) is 22.7 Å². The van der Waals surface area contributed by atoms with Gasteiger partial charge in [-0.1, -0.05) is 12.1 Å². The highest BCUT2D eigenvalue weighted by Crippen LogP contribution is 2.37. The lowest BCUT2D eigenvalue weighted by molar-refractivity contribution is 1.46. The number of fused-ring (bicyclic) bond motifs is 1. The molecule has 82 valence electrons. The molecule has 2 heterocycles. The molecule has 3 nitrogen and oxygen atoms in total. The van der Waals surface area contributed by atoms with Gasteiger partial charge in [0.1, 0.15) is 16.1 Å². The number of nitrogens with zero attached hydrogens (tertiary/aromatic N) is 2. The van der Waals surface area contributed by atoms with Gasteiger partial charge >= 0.3 is 0 Å². The maximum absolute atomic E-state index is 9.08. The minimum absolute atomic E-state index is 0.536. The van der Waals surface area contributed by atoms with Gasteiger partial charge in [0.05, 0.1) is 15.8 Å². The molecule has 0 radical (unpaired) electrons. The lowest BCUT2D eigenvalue weighted by Gasteiger charge is -1.91. The van der Waals surface area contributed by atoms with Crippen LogP contribution in [0.2, 0.25) is 0 Å². The molecule has 0 saturated heterocycles. The normalized spacial score (nSPS) is 10.5. The molecule has 0 amide bonds. The molecule has 2 aromatic heterocycles. The minimum atomic E-state index is 0.536. The predicted molar refractivity (Wildman–Crippen MR) is 72.1 cm³/mol. The van der Waals surface area contributed by atoms with Crippen molar-refractivity contribution >= 4 is 37.9 Å². The number of nitrogen functional groups attached to an aromatic ring is 1. The zero-order chi connectivity index (χ0) is 11.8. The first-order valence-corrected chi connectivity index (χ1v) is 6.62. The van der Waals surface area contributed by atoms with E-state index in [0.29, 0.717) is 10.6 Å². The van der Waals surface area contributed by atoms with Gasteiger partial charge in [0.25, 0.3) is 0 Å². The highest BCUT2D eigenvalue weighted by molar-refractivity contribution is 7.22. The predicted octanol–water partition coefficient (Wildman–Crippen LogP) is 3.48. The highest BCUT2D eigenvalue weighted by atomic mass is 32.1. The van der Waals surface area contributed by atoms with Crippen LogP contribution in [0, 0.1) is 11.3 Å². The number of aromatic nitrogens is 1. The number of anilines is 1. The Hall–Kier alpha value is -1.90. The number of thiazole rings is 1. The molecule has 0 bridgehead atoms. The van der Waals surface area contributed by atoms with Crippen LogP contribution >= 0.6 is 22.7 Å². The second-order valence-electron chi connectivity index (χ2n) is 3.49. The SMILES string of the molecule is N#Cc1c(-c2nc3ccccc3s2)csc1N. The zero-order valence-electron chi connectivity index (χ0n) is 8.68. The average Bonchev–Trinajstić information content (AvgIpc) is 2.91. The van der Waals surface area contributed by atoms with Crippen LogP contribution in [0.5, 0.6) is 0 Å². The van der Waals surface area contributed by atoms with Crippen LogP contribution in [-0.4, -0.2) is 4.98 Å². The maximum atomic E-state index is 9.08. The summed E-state index contributed by atoms with van der Waals surface area (Å²) in [5.41, 5.74) is 8.10. The Balaban J connectivity index is 2.24. The first-order valence-electron chi connectivity index (χ1n) is 4.92. The van der Waals surface area contributed by atoms with Crippen LogP contribution in [0.25, 0.3) is 20.8 Å². The lowest BCUT2D eigenvalue weighted by atomic mass is 10.2. The second-order valence-corrected chi connectivity index (χ2v) is 5.43. The third-order valence-electron chi connectivity index (χ3n) is 2.46. The first-order chi connectivity index (χ1) is 8.29. The van der Waals surface area contributed by atoms with Gasteiger partial charge in [-0.25, -0.2) is 4.98 Å². The number of para-hydroxylation sites is 1. The van der Waals surface area contributed by atoms with Crippen molar-refractivity contribution in [3.05, 3.63) is 35.2 Å². The molecule has 3 aromatic rings. The molecule has 2 N–H and O–H groups in total.